The molecule has 0 heterocycles. The standard InChI is InChI=1S/C43H82NO8P/c1-6-8-10-12-14-16-18-20-22-24-25-27-29-31-33-35-42(45)49-39-41(40-51-53(47,48)50-38-37-44(3,4)5)52-43(46)36-34-32-30-28-26-23-21-19-17-15-13-11-9-7-2/h20,22,25,27,41H,6-19,21,23-24,26,28-40H2,1-5H3/b22-20+,27-25+/t41-/m1/s1. The van der Waals surface area contributed by atoms with E-state index in [-0.39, 0.29) is 26.1 Å². The lowest BCUT2D eigenvalue weighted by Gasteiger charge is -2.28. The van der Waals surface area contributed by atoms with Crippen molar-refractivity contribution in [3.63, 3.8) is 0 Å². The second-order valence-corrected chi connectivity index (χ2v) is 17.1. The Hall–Kier alpha value is -1.51. The molecule has 53 heavy (non-hydrogen) atoms. The van der Waals surface area contributed by atoms with Gasteiger partial charge in [-0.1, -0.05) is 154 Å². The van der Waals surface area contributed by atoms with Gasteiger partial charge in [0.1, 0.15) is 19.8 Å². The van der Waals surface area contributed by atoms with Crippen molar-refractivity contribution in [2.75, 3.05) is 47.5 Å². The normalized spacial score (nSPS) is 13.8. The predicted molar refractivity (Wildman–Crippen MR) is 218 cm³/mol. The van der Waals surface area contributed by atoms with Crippen LogP contribution in [-0.4, -0.2) is 70.0 Å². The molecule has 312 valence electrons. The number of ether oxygens (including phenoxy) is 2. The van der Waals surface area contributed by atoms with E-state index in [0.717, 1.165) is 44.9 Å². The molecule has 10 heteroatoms. The van der Waals surface area contributed by atoms with Crippen molar-refractivity contribution in [1.29, 1.82) is 0 Å². The summed E-state index contributed by atoms with van der Waals surface area (Å²) in [4.78, 5) is 37.4. The van der Waals surface area contributed by atoms with Crippen LogP contribution < -0.4 is 4.89 Å². The molecule has 0 saturated heterocycles. The highest BCUT2D eigenvalue weighted by atomic mass is 31.2. The van der Waals surface area contributed by atoms with Crippen molar-refractivity contribution >= 4 is 19.8 Å². The van der Waals surface area contributed by atoms with E-state index < -0.39 is 32.5 Å². The molecule has 0 aromatic rings. The van der Waals surface area contributed by atoms with Crippen LogP contribution in [0.15, 0.2) is 24.3 Å². The molecule has 0 rings (SSSR count). The fourth-order valence-electron chi connectivity index (χ4n) is 5.80. The number of unbranched alkanes of at least 4 members (excludes halogenated alkanes) is 21. The number of carbonyl (C=O) groups excluding carboxylic acids is 2. The molecule has 9 nitrogen and oxygen atoms in total. The average molecular weight is 772 g/mol. The molecule has 0 N–H and O–H groups in total. The largest absolute Gasteiger partial charge is 0.756 e. The Bertz CT molecular complexity index is 964. The number of rotatable bonds is 39. The highest BCUT2D eigenvalue weighted by Crippen LogP contribution is 2.38. The zero-order chi connectivity index (χ0) is 39.3. The molecule has 0 aliphatic heterocycles. The zero-order valence-electron chi connectivity index (χ0n) is 35.0. The number of hydrogen-bond donors (Lipinski definition) is 0. The van der Waals surface area contributed by atoms with Crippen LogP contribution in [0.25, 0.3) is 0 Å². The van der Waals surface area contributed by atoms with E-state index in [2.05, 4.69) is 38.2 Å². The smallest absolute Gasteiger partial charge is 0.306 e. The molecule has 2 atom stereocenters. The Morgan fingerprint density at radius 2 is 1.02 bits per heavy atom. The van der Waals surface area contributed by atoms with E-state index in [1.54, 1.807) is 0 Å². The molecular formula is C43H82NO8P. The molecule has 0 aliphatic carbocycles. The van der Waals surface area contributed by atoms with Gasteiger partial charge in [-0.05, 0) is 44.9 Å². The van der Waals surface area contributed by atoms with Gasteiger partial charge in [0, 0.05) is 12.8 Å². The van der Waals surface area contributed by atoms with Crippen molar-refractivity contribution in [2.24, 2.45) is 0 Å². The number of likely N-dealkylation sites (N-methyl/N-ethyl adjacent to an activating group) is 1. The minimum absolute atomic E-state index is 0.0337. The average Bonchev–Trinajstić information content (AvgIpc) is 3.10. The summed E-state index contributed by atoms with van der Waals surface area (Å²) in [5, 5.41) is 0. The lowest BCUT2D eigenvalue weighted by atomic mass is 10.0. The third kappa shape index (κ3) is 40.0. The van der Waals surface area contributed by atoms with Crippen LogP contribution in [0.5, 0.6) is 0 Å². The van der Waals surface area contributed by atoms with Crippen molar-refractivity contribution < 1.29 is 42.1 Å². The monoisotopic (exact) mass is 772 g/mol. The first-order valence-corrected chi connectivity index (χ1v) is 23.0. The first-order chi connectivity index (χ1) is 25.5. The topological polar surface area (TPSA) is 111 Å². The molecule has 0 fully saturated rings. The van der Waals surface area contributed by atoms with Gasteiger partial charge in [0.05, 0.1) is 27.7 Å². The molecule has 0 aromatic heterocycles. The third-order valence-corrected chi connectivity index (χ3v) is 10.2. The minimum Gasteiger partial charge on any atom is -0.756 e. The van der Waals surface area contributed by atoms with Gasteiger partial charge in [-0.15, -0.1) is 0 Å². The molecule has 0 aliphatic rings. The molecule has 0 amide bonds. The van der Waals surface area contributed by atoms with Crippen molar-refractivity contribution in [2.45, 2.75) is 193 Å². The van der Waals surface area contributed by atoms with Gasteiger partial charge in [0.2, 0.25) is 0 Å². The number of nitrogens with zero attached hydrogens (tertiary/aromatic N) is 1. The summed E-state index contributed by atoms with van der Waals surface area (Å²) in [5.74, 6) is -0.867. The SMILES string of the molecule is CCCCCCCC/C=C/C/C=C/CCCCC(=O)OC[C@H](COP(=O)([O-])OCC[N+](C)(C)C)OC(=O)CCCCCCCCCCCCCCCC. The van der Waals surface area contributed by atoms with E-state index in [0.29, 0.717) is 23.9 Å². The Balaban J connectivity index is 4.41. The molecule has 0 bridgehead atoms. The van der Waals surface area contributed by atoms with Crippen molar-refractivity contribution in [3.8, 4) is 0 Å². The van der Waals surface area contributed by atoms with E-state index in [1.807, 2.05) is 21.1 Å². The van der Waals surface area contributed by atoms with Gasteiger partial charge in [-0.3, -0.25) is 14.2 Å². The quantitative estimate of drug-likeness (QED) is 0.0200. The predicted octanol–water partition coefficient (Wildman–Crippen LogP) is 11.3. The summed E-state index contributed by atoms with van der Waals surface area (Å²) >= 11 is 0. The highest BCUT2D eigenvalue weighted by Gasteiger charge is 2.21. The highest BCUT2D eigenvalue weighted by molar-refractivity contribution is 7.45. The van der Waals surface area contributed by atoms with Crippen LogP contribution in [0.2, 0.25) is 0 Å². The Morgan fingerprint density at radius 1 is 0.585 bits per heavy atom. The maximum atomic E-state index is 12.6. The van der Waals surface area contributed by atoms with Gasteiger partial charge in [0.15, 0.2) is 6.10 Å². The second-order valence-electron chi connectivity index (χ2n) is 15.7. The molecule has 0 saturated carbocycles. The number of phosphoric acid groups is 1. The number of quaternary nitrogens is 1. The minimum atomic E-state index is -4.62. The summed E-state index contributed by atoms with van der Waals surface area (Å²) in [6, 6.07) is 0. The molecular weight excluding hydrogens is 689 g/mol. The van der Waals surface area contributed by atoms with Crippen LogP contribution in [0, 0.1) is 0 Å². The maximum absolute atomic E-state index is 12.6. The number of esters is 2. The molecule has 0 radical (unpaired) electrons. The van der Waals surface area contributed by atoms with Crippen LogP contribution >= 0.6 is 7.82 Å². The summed E-state index contributed by atoms with van der Waals surface area (Å²) < 4.78 is 33.8. The lowest BCUT2D eigenvalue weighted by molar-refractivity contribution is -0.870. The van der Waals surface area contributed by atoms with E-state index in [1.165, 1.54) is 103 Å². The summed E-state index contributed by atoms with van der Waals surface area (Å²) in [6.45, 7) is 4.19. The number of phosphoric ester groups is 1. The Labute approximate surface area is 326 Å². The number of carbonyl (C=O) groups is 2. The van der Waals surface area contributed by atoms with Crippen LogP contribution in [0.1, 0.15) is 187 Å². The van der Waals surface area contributed by atoms with E-state index in [4.69, 9.17) is 18.5 Å². The van der Waals surface area contributed by atoms with E-state index in [9.17, 15) is 19.0 Å². The lowest BCUT2D eigenvalue weighted by Crippen LogP contribution is -2.37. The fourth-order valence-corrected chi connectivity index (χ4v) is 6.53. The summed E-state index contributed by atoms with van der Waals surface area (Å²) in [6.07, 6.45) is 37.7. The van der Waals surface area contributed by atoms with Gasteiger partial charge < -0.3 is 27.9 Å². The van der Waals surface area contributed by atoms with Crippen LogP contribution in [0.4, 0.5) is 0 Å². The Kier molecular flexibility index (Phi) is 35.1. The van der Waals surface area contributed by atoms with Crippen LogP contribution in [0.3, 0.4) is 0 Å². The fraction of sp³-hybridized carbons (Fsp3) is 0.860. The summed E-state index contributed by atoms with van der Waals surface area (Å²) in [5.41, 5.74) is 0. The second kappa shape index (κ2) is 36.1. The maximum Gasteiger partial charge on any atom is 0.306 e. The first-order valence-electron chi connectivity index (χ1n) is 21.5. The number of allylic oxidation sites excluding steroid dienone is 4. The van der Waals surface area contributed by atoms with E-state index >= 15 is 0 Å². The van der Waals surface area contributed by atoms with Gasteiger partial charge in [-0.2, -0.15) is 0 Å². The van der Waals surface area contributed by atoms with Crippen molar-refractivity contribution in [1.82, 2.24) is 0 Å². The first kappa shape index (κ1) is 51.5. The zero-order valence-corrected chi connectivity index (χ0v) is 35.9. The Morgan fingerprint density at radius 3 is 1.53 bits per heavy atom. The molecule has 0 spiro atoms. The van der Waals surface area contributed by atoms with Crippen LogP contribution in [-0.2, 0) is 32.7 Å². The van der Waals surface area contributed by atoms with Gasteiger partial charge in [-0.25, -0.2) is 0 Å². The third-order valence-electron chi connectivity index (χ3n) is 9.22. The summed E-state index contributed by atoms with van der Waals surface area (Å²) in [7, 11) is 1.15. The van der Waals surface area contributed by atoms with Gasteiger partial charge >= 0.3 is 11.9 Å². The van der Waals surface area contributed by atoms with Crippen molar-refractivity contribution in [3.05, 3.63) is 24.3 Å². The number of hydrogen-bond acceptors (Lipinski definition) is 8. The van der Waals surface area contributed by atoms with Gasteiger partial charge in [0.25, 0.3) is 7.82 Å². The molecule has 0 aromatic carbocycles. The molecule has 1 unspecified atom stereocenters.